The van der Waals surface area contributed by atoms with Gasteiger partial charge in [0.25, 0.3) is 11.8 Å². The normalized spacial score (nSPS) is 19.1. The number of nitrogens with one attached hydrogen (secondary N) is 1. The zero-order valence-corrected chi connectivity index (χ0v) is 22.7. The van der Waals surface area contributed by atoms with Gasteiger partial charge in [-0.3, -0.25) is 9.59 Å². The van der Waals surface area contributed by atoms with E-state index in [-0.39, 0.29) is 18.8 Å². The van der Waals surface area contributed by atoms with Crippen LogP contribution < -0.4 is 5.32 Å². The van der Waals surface area contributed by atoms with Crippen molar-refractivity contribution in [2.75, 3.05) is 19.6 Å². The number of alkyl halides is 2. The maximum absolute atomic E-state index is 13.7. The largest absolute Gasteiger partial charge is 0.444 e. The molecule has 0 aliphatic carbocycles. The van der Waals surface area contributed by atoms with Crippen molar-refractivity contribution in [3.05, 3.63) is 16.1 Å². The summed E-state index contributed by atoms with van der Waals surface area (Å²) in [5, 5.41) is 2.74. The summed E-state index contributed by atoms with van der Waals surface area (Å²) in [5.74, 6) is -4.09. The molecule has 1 aromatic heterocycles. The van der Waals surface area contributed by atoms with Crippen LogP contribution in [0.15, 0.2) is 4.73 Å². The fourth-order valence-electron chi connectivity index (χ4n) is 4.14. The molecule has 0 bridgehead atoms. The Kier molecular flexibility index (Phi) is 7.55. The zero-order valence-electron chi connectivity index (χ0n) is 21.1. The summed E-state index contributed by atoms with van der Waals surface area (Å²) in [6.45, 7) is 11.0. The number of amides is 3. The van der Waals surface area contributed by atoms with Gasteiger partial charge in [-0.25, -0.2) is 18.6 Å². The Balaban J connectivity index is 1.85. The molecule has 3 amide bonds. The fourth-order valence-corrected chi connectivity index (χ4v) is 4.71. The molecule has 1 N–H and O–H groups in total. The summed E-state index contributed by atoms with van der Waals surface area (Å²) in [6.07, 6.45) is -0.257. The lowest BCUT2D eigenvalue weighted by atomic mass is 9.85. The Morgan fingerprint density at radius 2 is 1.74 bits per heavy atom. The van der Waals surface area contributed by atoms with E-state index in [0.717, 1.165) is 4.90 Å². The second kappa shape index (κ2) is 9.67. The van der Waals surface area contributed by atoms with Crippen molar-refractivity contribution < 1.29 is 27.9 Å². The molecule has 9 nitrogen and oxygen atoms in total. The van der Waals surface area contributed by atoms with Crippen molar-refractivity contribution >= 4 is 33.8 Å². The van der Waals surface area contributed by atoms with Gasteiger partial charge in [0.05, 0.1) is 18.8 Å². The number of hydrogen-bond acceptors (Lipinski definition) is 5. The number of carbonyl (C=O) groups is 3. The van der Waals surface area contributed by atoms with Gasteiger partial charge in [-0.05, 0) is 48.5 Å². The molecule has 3 rings (SSSR count). The van der Waals surface area contributed by atoms with Crippen LogP contribution in [0.3, 0.4) is 0 Å². The number of aromatic nitrogens is 2. The monoisotopic (exact) mass is 561 g/mol. The van der Waals surface area contributed by atoms with Gasteiger partial charge in [0, 0.05) is 26.1 Å². The molecule has 0 aromatic carbocycles. The van der Waals surface area contributed by atoms with E-state index < -0.39 is 53.9 Å². The van der Waals surface area contributed by atoms with Gasteiger partial charge in [-0.2, -0.15) is 0 Å². The van der Waals surface area contributed by atoms with Gasteiger partial charge in [-0.15, -0.1) is 0 Å². The summed E-state index contributed by atoms with van der Waals surface area (Å²) in [5.41, 5.74) is -0.829. The average Bonchev–Trinajstić information content (AvgIpc) is 3.11. The van der Waals surface area contributed by atoms with Crippen molar-refractivity contribution in [3.8, 4) is 0 Å². The van der Waals surface area contributed by atoms with Crippen LogP contribution in [0.1, 0.15) is 70.6 Å². The lowest BCUT2D eigenvalue weighted by Gasteiger charge is -2.33. The van der Waals surface area contributed by atoms with Gasteiger partial charge in [0.2, 0.25) is 5.91 Å². The first-order chi connectivity index (χ1) is 16.0. The minimum atomic E-state index is -2.93. The first-order valence-corrected chi connectivity index (χ1v) is 12.5. The highest BCUT2D eigenvalue weighted by molar-refractivity contribution is 9.10. The van der Waals surface area contributed by atoms with Crippen LogP contribution in [0.5, 0.6) is 0 Å². The number of nitrogens with zero attached hydrogens (tertiary/aromatic N) is 4. The van der Waals surface area contributed by atoms with Crippen molar-refractivity contribution in [3.63, 3.8) is 0 Å². The third-order valence-corrected chi connectivity index (χ3v) is 6.52. The van der Waals surface area contributed by atoms with E-state index in [1.165, 1.54) is 4.90 Å². The summed E-state index contributed by atoms with van der Waals surface area (Å²) in [4.78, 5) is 46.2. The number of rotatable bonds is 3. The Morgan fingerprint density at radius 3 is 2.29 bits per heavy atom. The topological polar surface area (TPSA) is 96.8 Å². The molecule has 12 heteroatoms. The molecular weight excluding hydrogens is 528 g/mol. The van der Waals surface area contributed by atoms with Gasteiger partial charge >= 0.3 is 6.09 Å². The second-order valence-corrected chi connectivity index (χ2v) is 11.9. The molecule has 0 spiro atoms. The Bertz CT molecular complexity index is 999. The minimum absolute atomic E-state index is 0.0649. The maximum atomic E-state index is 13.7. The maximum Gasteiger partial charge on any atom is 0.410 e. The highest BCUT2D eigenvalue weighted by Gasteiger charge is 2.45. The fraction of sp³-hybridized carbons (Fsp3) is 0.739. The van der Waals surface area contributed by atoms with E-state index in [1.54, 1.807) is 41.5 Å². The average molecular weight is 562 g/mol. The summed E-state index contributed by atoms with van der Waals surface area (Å²) in [7, 11) is 0. The standard InChI is InChI=1S/C23H34BrF2N5O4/c1-21(2,3)16(18(33)30-11-8-23(25,26)13-30)28-17(32)15-14-12-29(20(34)35-22(4,5)6)9-7-10-31(14)19(24)27-15/h16H,7-13H2,1-6H3,(H,28,32)/t16-/m1/s1. The van der Waals surface area contributed by atoms with Crippen LogP contribution in [0.2, 0.25) is 0 Å². The van der Waals surface area contributed by atoms with E-state index in [9.17, 15) is 23.2 Å². The third kappa shape index (κ3) is 6.50. The quantitative estimate of drug-likeness (QED) is 0.605. The first-order valence-electron chi connectivity index (χ1n) is 11.7. The molecule has 1 aromatic rings. The summed E-state index contributed by atoms with van der Waals surface area (Å²) in [6, 6.07) is -1.03. The number of carbonyl (C=O) groups excluding carboxylic acids is 3. The van der Waals surface area contributed by atoms with Gasteiger partial charge in [0.1, 0.15) is 11.6 Å². The highest BCUT2D eigenvalue weighted by Crippen LogP contribution is 2.30. The molecule has 0 unspecified atom stereocenters. The summed E-state index contributed by atoms with van der Waals surface area (Å²) < 4.78 is 35.2. The van der Waals surface area contributed by atoms with Crippen LogP contribution in [0, 0.1) is 5.41 Å². The van der Waals surface area contributed by atoms with Crippen molar-refractivity contribution in [1.82, 2.24) is 24.7 Å². The van der Waals surface area contributed by atoms with Crippen LogP contribution in [-0.4, -0.2) is 74.5 Å². The molecule has 196 valence electrons. The molecule has 0 radical (unpaired) electrons. The van der Waals surface area contributed by atoms with Crippen LogP contribution in [0.4, 0.5) is 13.6 Å². The molecule has 2 aliphatic heterocycles. The smallest absolute Gasteiger partial charge is 0.410 e. The molecule has 0 saturated carbocycles. The molecule has 2 aliphatic rings. The van der Waals surface area contributed by atoms with Crippen molar-refractivity contribution in [1.29, 1.82) is 0 Å². The zero-order chi connectivity index (χ0) is 26.3. The van der Waals surface area contributed by atoms with Crippen LogP contribution in [-0.2, 0) is 22.6 Å². The number of ether oxygens (including phenoxy) is 1. The number of imidazole rings is 1. The van der Waals surface area contributed by atoms with Gasteiger partial charge in [0.15, 0.2) is 10.4 Å². The number of hydrogen-bond donors (Lipinski definition) is 1. The third-order valence-electron chi connectivity index (χ3n) is 5.91. The molecule has 1 fully saturated rings. The summed E-state index contributed by atoms with van der Waals surface area (Å²) >= 11 is 3.39. The SMILES string of the molecule is CC(C)(C)OC(=O)N1CCCn2c(Br)nc(C(=O)N[C@H](C(=O)N3CCC(F)(F)C3)C(C)(C)C)c2C1. The van der Waals surface area contributed by atoms with Gasteiger partial charge in [-0.1, -0.05) is 20.8 Å². The van der Waals surface area contributed by atoms with E-state index >= 15 is 0 Å². The Labute approximate surface area is 212 Å². The predicted octanol–water partition coefficient (Wildman–Crippen LogP) is 3.80. The minimum Gasteiger partial charge on any atom is -0.444 e. The van der Waals surface area contributed by atoms with Gasteiger partial charge < -0.3 is 24.4 Å². The van der Waals surface area contributed by atoms with E-state index in [0.29, 0.717) is 29.9 Å². The second-order valence-electron chi connectivity index (χ2n) is 11.2. The Morgan fingerprint density at radius 1 is 1.09 bits per heavy atom. The number of likely N-dealkylation sites (tertiary alicyclic amines) is 1. The number of fused-ring (bicyclic) bond motifs is 1. The lowest BCUT2D eigenvalue weighted by Crippen LogP contribution is -2.54. The predicted molar refractivity (Wildman–Crippen MR) is 128 cm³/mol. The van der Waals surface area contributed by atoms with Crippen LogP contribution in [0.25, 0.3) is 0 Å². The van der Waals surface area contributed by atoms with Crippen molar-refractivity contribution in [2.24, 2.45) is 5.41 Å². The molecule has 3 heterocycles. The molecule has 1 saturated heterocycles. The lowest BCUT2D eigenvalue weighted by molar-refractivity contribution is -0.136. The van der Waals surface area contributed by atoms with Crippen LogP contribution >= 0.6 is 15.9 Å². The highest BCUT2D eigenvalue weighted by atomic mass is 79.9. The Hall–Kier alpha value is -2.24. The molecule has 1 atom stereocenters. The molecular formula is C23H34BrF2N5O4. The van der Waals surface area contributed by atoms with E-state index in [2.05, 4.69) is 26.2 Å². The molecule has 35 heavy (non-hydrogen) atoms. The van der Waals surface area contributed by atoms with Crippen molar-refractivity contribution in [2.45, 2.75) is 85.0 Å². The van der Waals surface area contributed by atoms with E-state index in [4.69, 9.17) is 4.74 Å². The first kappa shape index (κ1) is 27.3. The number of halogens is 3. The van der Waals surface area contributed by atoms with E-state index in [1.807, 2.05) is 4.57 Å².